The molecule has 2 rings (SSSR count). The third-order valence-corrected chi connectivity index (χ3v) is 3.36. The summed E-state index contributed by atoms with van der Waals surface area (Å²) < 4.78 is 5.29. The van der Waals surface area contributed by atoms with Gasteiger partial charge in [0.2, 0.25) is 5.91 Å². The van der Waals surface area contributed by atoms with Crippen molar-refractivity contribution in [3.63, 3.8) is 0 Å². The van der Waals surface area contributed by atoms with Gasteiger partial charge < -0.3 is 10.1 Å². The van der Waals surface area contributed by atoms with E-state index in [1.165, 1.54) is 5.56 Å². The van der Waals surface area contributed by atoms with Gasteiger partial charge in [0, 0.05) is 18.2 Å². The molecule has 0 saturated carbocycles. The molecule has 0 aliphatic heterocycles. The van der Waals surface area contributed by atoms with Crippen LogP contribution in [-0.2, 0) is 11.2 Å². The first-order valence-corrected chi connectivity index (χ1v) is 7.33. The highest BCUT2D eigenvalue weighted by Gasteiger charge is 2.01. The lowest BCUT2D eigenvalue weighted by Gasteiger charge is -2.06. The standard InChI is InChI=1S/C19H21NO2/c1-15-8-10-18(22-2)17(14-15)9-11-19(21)20-13-12-16-6-4-3-5-7-16/h3-11,14H,12-13H2,1-2H3,(H,20,21). The van der Waals surface area contributed by atoms with E-state index in [0.717, 1.165) is 23.3 Å². The maximum absolute atomic E-state index is 11.9. The number of hydrogen-bond acceptors (Lipinski definition) is 2. The summed E-state index contributed by atoms with van der Waals surface area (Å²) in [5, 5.41) is 2.89. The predicted molar refractivity (Wildman–Crippen MR) is 89.9 cm³/mol. The van der Waals surface area contributed by atoms with Crippen LogP contribution in [-0.4, -0.2) is 19.6 Å². The highest BCUT2D eigenvalue weighted by molar-refractivity contribution is 5.92. The van der Waals surface area contributed by atoms with E-state index in [1.54, 1.807) is 19.3 Å². The van der Waals surface area contributed by atoms with Crippen molar-refractivity contribution in [3.8, 4) is 5.75 Å². The number of aryl methyl sites for hydroxylation is 1. The van der Waals surface area contributed by atoms with Crippen molar-refractivity contribution < 1.29 is 9.53 Å². The molecule has 0 aliphatic rings. The zero-order valence-corrected chi connectivity index (χ0v) is 13.0. The van der Waals surface area contributed by atoms with E-state index in [2.05, 4.69) is 17.4 Å². The van der Waals surface area contributed by atoms with E-state index in [1.807, 2.05) is 43.3 Å². The predicted octanol–water partition coefficient (Wildman–Crippen LogP) is 3.38. The Morgan fingerprint density at radius 1 is 1.18 bits per heavy atom. The number of ether oxygens (including phenoxy) is 1. The highest BCUT2D eigenvalue weighted by Crippen LogP contribution is 2.20. The van der Waals surface area contributed by atoms with E-state index >= 15 is 0 Å². The molecule has 1 N–H and O–H groups in total. The molecule has 114 valence electrons. The maximum atomic E-state index is 11.9. The summed E-state index contributed by atoms with van der Waals surface area (Å²) in [6.45, 7) is 2.63. The molecule has 2 aromatic rings. The van der Waals surface area contributed by atoms with Crippen LogP contribution in [0.15, 0.2) is 54.6 Å². The highest BCUT2D eigenvalue weighted by atomic mass is 16.5. The van der Waals surface area contributed by atoms with Crippen LogP contribution < -0.4 is 10.1 Å². The minimum absolute atomic E-state index is 0.0977. The van der Waals surface area contributed by atoms with E-state index in [0.29, 0.717) is 6.54 Å². The lowest BCUT2D eigenvalue weighted by molar-refractivity contribution is -0.116. The SMILES string of the molecule is COc1ccc(C)cc1C=CC(=O)NCCc1ccccc1. The van der Waals surface area contributed by atoms with Crippen LogP contribution in [0.25, 0.3) is 6.08 Å². The molecule has 0 aromatic heterocycles. The Labute approximate surface area is 131 Å². The fourth-order valence-electron chi connectivity index (χ4n) is 2.18. The van der Waals surface area contributed by atoms with Gasteiger partial charge in [-0.3, -0.25) is 4.79 Å². The third kappa shape index (κ3) is 4.77. The van der Waals surface area contributed by atoms with E-state index < -0.39 is 0 Å². The zero-order valence-electron chi connectivity index (χ0n) is 13.0. The molecule has 3 heteroatoms. The molecular formula is C19H21NO2. The number of carbonyl (C=O) groups is 1. The van der Waals surface area contributed by atoms with Gasteiger partial charge in [-0.25, -0.2) is 0 Å². The molecule has 0 unspecified atom stereocenters. The summed E-state index contributed by atoms with van der Waals surface area (Å²) in [5.41, 5.74) is 3.25. The monoisotopic (exact) mass is 295 g/mol. The number of rotatable bonds is 6. The molecule has 2 aromatic carbocycles. The maximum Gasteiger partial charge on any atom is 0.244 e. The van der Waals surface area contributed by atoms with Crippen molar-refractivity contribution in [3.05, 3.63) is 71.3 Å². The fourth-order valence-corrected chi connectivity index (χ4v) is 2.18. The van der Waals surface area contributed by atoms with Crippen molar-refractivity contribution in [1.82, 2.24) is 5.32 Å². The molecular weight excluding hydrogens is 274 g/mol. The molecule has 3 nitrogen and oxygen atoms in total. The summed E-state index contributed by atoms with van der Waals surface area (Å²) >= 11 is 0. The first-order chi connectivity index (χ1) is 10.7. The Hall–Kier alpha value is -2.55. The number of hydrogen-bond donors (Lipinski definition) is 1. The van der Waals surface area contributed by atoms with Crippen molar-refractivity contribution in [2.75, 3.05) is 13.7 Å². The number of carbonyl (C=O) groups excluding carboxylic acids is 1. The van der Waals surface area contributed by atoms with Crippen molar-refractivity contribution in [2.24, 2.45) is 0 Å². The second-order valence-electron chi connectivity index (χ2n) is 5.11. The van der Waals surface area contributed by atoms with Crippen molar-refractivity contribution >= 4 is 12.0 Å². The van der Waals surface area contributed by atoms with Crippen LogP contribution in [0.2, 0.25) is 0 Å². The zero-order chi connectivity index (χ0) is 15.8. The largest absolute Gasteiger partial charge is 0.496 e. The van der Waals surface area contributed by atoms with Gasteiger partial charge >= 0.3 is 0 Å². The summed E-state index contributed by atoms with van der Waals surface area (Å²) in [4.78, 5) is 11.9. The Morgan fingerprint density at radius 3 is 2.68 bits per heavy atom. The minimum atomic E-state index is -0.0977. The normalized spacial score (nSPS) is 10.6. The molecule has 22 heavy (non-hydrogen) atoms. The first-order valence-electron chi connectivity index (χ1n) is 7.33. The van der Waals surface area contributed by atoms with Crippen molar-refractivity contribution in [1.29, 1.82) is 0 Å². The average Bonchev–Trinajstić information content (AvgIpc) is 2.54. The van der Waals surface area contributed by atoms with Gasteiger partial charge in [-0.2, -0.15) is 0 Å². The third-order valence-electron chi connectivity index (χ3n) is 3.36. The number of amides is 1. The van der Waals surface area contributed by atoms with Crippen LogP contribution in [0.4, 0.5) is 0 Å². The Morgan fingerprint density at radius 2 is 1.95 bits per heavy atom. The summed E-state index contributed by atoms with van der Waals surface area (Å²) in [5.74, 6) is 0.665. The Bertz CT molecular complexity index is 648. The summed E-state index contributed by atoms with van der Waals surface area (Å²) in [6, 6.07) is 16.0. The average molecular weight is 295 g/mol. The van der Waals surface area contributed by atoms with E-state index in [9.17, 15) is 4.79 Å². The number of methoxy groups -OCH3 is 1. The van der Waals surface area contributed by atoms with Gasteiger partial charge in [0.25, 0.3) is 0 Å². The first kappa shape index (κ1) is 15.8. The van der Waals surface area contributed by atoms with Crippen LogP contribution in [0, 0.1) is 6.92 Å². The van der Waals surface area contributed by atoms with Crippen LogP contribution in [0.5, 0.6) is 5.75 Å². The fraction of sp³-hybridized carbons (Fsp3) is 0.211. The quantitative estimate of drug-likeness (QED) is 0.830. The topological polar surface area (TPSA) is 38.3 Å². The summed E-state index contributed by atoms with van der Waals surface area (Å²) in [6.07, 6.45) is 4.15. The van der Waals surface area contributed by atoms with E-state index in [-0.39, 0.29) is 5.91 Å². The number of benzene rings is 2. The molecule has 0 radical (unpaired) electrons. The Kier molecular flexibility index (Phi) is 5.78. The smallest absolute Gasteiger partial charge is 0.244 e. The molecule has 0 atom stereocenters. The number of nitrogens with one attached hydrogen (secondary N) is 1. The minimum Gasteiger partial charge on any atom is -0.496 e. The second-order valence-corrected chi connectivity index (χ2v) is 5.11. The molecule has 1 amide bonds. The molecule has 0 heterocycles. The molecule has 0 bridgehead atoms. The molecule has 0 spiro atoms. The lowest BCUT2D eigenvalue weighted by atomic mass is 10.1. The summed E-state index contributed by atoms with van der Waals surface area (Å²) in [7, 11) is 1.63. The Balaban J connectivity index is 1.87. The van der Waals surface area contributed by atoms with E-state index in [4.69, 9.17) is 4.74 Å². The van der Waals surface area contributed by atoms with Crippen molar-refractivity contribution in [2.45, 2.75) is 13.3 Å². The lowest BCUT2D eigenvalue weighted by Crippen LogP contribution is -2.23. The van der Waals surface area contributed by atoms with Crippen LogP contribution >= 0.6 is 0 Å². The molecule has 0 saturated heterocycles. The van der Waals surface area contributed by atoms with Gasteiger partial charge in [0.1, 0.15) is 5.75 Å². The molecule has 0 fully saturated rings. The van der Waals surface area contributed by atoms with Gasteiger partial charge in [0.05, 0.1) is 7.11 Å². The van der Waals surface area contributed by atoms with Gasteiger partial charge in [-0.05, 0) is 37.1 Å². The second kappa shape index (κ2) is 8.03. The van der Waals surface area contributed by atoms with Crippen LogP contribution in [0.1, 0.15) is 16.7 Å². The van der Waals surface area contributed by atoms with Gasteiger partial charge in [0.15, 0.2) is 0 Å². The molecule has 0 aliphatic carbocycles. The van der Waals surface area contributed by atoms with Gasteiger partial charge in [-0.1, -0.05) is 42.0 Å². The van der Waals surface area contributed by atoms with Crippen LogP contribution in [0.3, 0.4) is 0 Å². The van der Waals surface area contributed by atoms with Gasteiger partial charge in [-0.15, -0.1) is 0 Å².